The first kappa shape index (κ1) is 22.1. The Morgan fingerprint density at radius 2 is 1.71 bits per heavy atom. The van der Waals surface area contributed by atoms with Crippen LogP contribution in [0.1, 0.15) is 48.5 Å². The van der Waals surface area contributed by atoms with Crippen LogP contribution >= 0.6 is 0 Å². The zero-order valence-electron chi connectivity index (χ0n) is 19.9. The third-order valence-corrected chi connectivity index (χ3v) is 7.22. The number of fused-ring (bicyclic) bond motifs is 4. The molecule has 0 radical (unpaired) electrons. The molecule has 5 heteroatoms. The Labute approximate surface area is 206 Å². The van der Waals surface area contributed by atoms with E-state index in [4.69, 9.17) is 14.2 Å². The lowest BCUT2D eigenvalue weighted by Crippen LogP contribution is -2.33. The zero-order valence-corrected chi connectivity index (χ0v) is 19.9. The van der Waals surface area contributed by atoms with Gasteiger partial charge in [0, 0.05) is 35.7 Å². The van der Waals surface area contributed by atoms with Crippen molar-refractivity contribution in [2.24, 2.45) is 0 Å². The van der Waals surface area contributed by atoms with E-state index in [1.54, 1.807) is 12.1 Å². The molecule has 5 nitrogen and oxygen atoms in total. The lowest BCUT2D eigenvalue weighted by atomic mass is 9.84. The summed E-state index contributed by atoms with van der Waals surface area (Å²) in [6.07, 6.45) is 4.41. The highest BCUT2D eigenvalue weighted by Gasteiger charge is 2.33. The van der Waals surface area contributed by atoms with E-state index >= 15 is 0 Å². The van der Waals surface area contributed by atoms with E-state index in [0.717, 1.165) is 46.7 Å². The SMILES string of the molecule is Oc1ccc2c(c1)O[C@@H](c1ccc(OCCN3CCCCC3)cc1)C1=C2CCOc2ccccc21. The summed E-state index contributed by atoms with van der Waals surface area (Å²) < 4.78 is 18.7. The van der Waals surface area contributed by atoms with Crippen LogP contribution in [0.3, 0.4) is 0 Å². The number of para-hydroxylation sites is 1. The first-order valence-corrected chi connectivity index (χ1v) is 12.7. The second kappa shape index (κ2) is 9.67. The highest BCUT2D eigenvalue weighted by Crippen LogP contribution is 2.51. The quantitative estimate of drug-likeness (QED) is 0.491. The molecule has 0 spiro atoms. The first-order valence-electron chi connectivity index (χ1n) is 12.7. The van der Waals surface area contributed by atoms with Crippen LogP contribution in [-0.2, 0) is 0 Å². The van der Waals surface area contributed by atoms with Gasteiger partial charge in [-0.1, -0.05) is 36.8 Å². The number of piperidine rings is 1. The van der Waals surface area contributed by atoms with Gasteiger partial charge in [0.1, 0.15) is 35.7 Å². The summed E-state index contributed by atoms with van der Waals surface area (Å²) in [4.78, 5) is 2.49. The van der Waals surface area contributed by atoms with Gasteiger partial charge in [0.25, 0.3) is 0 Å². The van der Waals surface area contributed by atoms with Gasteiger partial charge in [0.05, 0.1) is 6.61 Å². The van der Waals surface area contributed by atoms with Crippen molar-refractivity contribution in [2.45, 2.75) is 31.8 Å². The third kappa shape index (κ3) is 4.48. The summed E-state index contributed by atoms with van der Waals surface area (Å²) in [5, 5.41) is 10.1. The maximum Gasteiger partial charge on any atom is 0.150 e. The third-order valence-electron chi connectivity index (χ3n) is 7.22. The van der Waals surface area contributed by atoms with E-state index in [1.807, 2.05) is 36.4 Å². The van der Waals surface area contributed by atoms with Crippen LogP contribution in [0.15, 0.2) is 66.7 Å². The second-order valence-corrected chi connectivity index (χ2v) is 9.49. The van der Waals surface area contributed by atoms with Gasteiger partial charge in [-0.2, -0.15) is 0 Å². The summed E-state index contributed by atoms with van der Waals surface area (Å²) >= 11 is 0. The smallest absolute Gasteiger partial charge is 0.150 e. The molecule has 1 atom stereocenters. The van der Waals surface area contributed by atoms with E-state index in [9.17, 15) is 5.11 Å². The molecule has 0 aromatic heterocycles. The number of aromatic hydroxyl groups is 1. The molecule has 0 bridgehead atoms. The number of ether oxygens (including phenoxy) is 3. The highest BCUT2D eigenvalue weighted by molar-refractivity contribution is 5.98. The highest BCUT2D eigenvalue weighted by atomic mass is 16.5. The van der Waals surface area contributed by atoms with Gasteiger partial charge < -0.3 is 19.3 Å². The van der Waals surface area contributed by atoms with Crippen molar-refractivity contribution in [3.63, 3.8) is 0 Å². The molecule has 1 N–H and O–H groups in total. The van der Waals surface area contributed by atoms with Crippen molar-refractivity contribution in [3.8, 4) is 23.0 Å². The fourth-order valence-corrected chi connectivity index (χ4v) is 5.45. The van der Waals surface area contributed by atoms with Crippen LogP contribution in [-0.4, -0.2) is 42.9 Å². The lowest BCUT2D eigenvalue weighted by molar-refractivity contribution is 0.183. The molecular weight excluding hydrogens is 438 g/mol. The van der Waals surface area contributed by atoms with Gasteiger partial charge in [-0.25, -0.2) is 0 Å². The Hall–Kier alpha value is -3.44. The largest absolute Gasteiger partial charge is 0.508 e. The Morgan fingerprint density at radius 3 is 2.57 bits per heavy atom. The van der Waals surface area contributed by atoms with Crippen LogP contribution in [0.5, 0.6) is 23.0 Å². The van der Waals surface area contributed by atoms with Crippen molar-refractivity contribution in [3.05, 3.63) is 83.4 Å². The van der Waals surface area contributed by atoms with Gasteiger partial charge in [-0.15, -0.1) is 0 Å². The van der Waals surface area contributed by atoms with Crippen LogP contribution in [0.25, 0.3) is 11.1 Å². The summed E-state index contributed by atoms with van der Waals surface area (Å²) in [6, 6.07) is 21.8. The van der Waals surface area contributed by atoms with E-state index in [-0.39, 0.29) is 11.9 Å². The van der Waals surface area contributed by atoms with E-state index in [2.05, 4.69) is 23.1 Å². The second-order valence-electron chi connectivity index (χ2n) is 9.49. The number of hydrogen-bond donors (Lipinski definition) is 1. The predicted octanol–water partition coefficient (Wildman–Crippen LogP) is 6.08. The van der Waals surface area contributed by atoms with Gasteiger partial charge in [0.15, 0.2) is 0 Å². The lowest BCUT2D eigenvalue weighted by Gasteiger charge is -2.31. The molecule has 0 saturated carbocycles. The molecule has 0 amide bonds. The maximum atomic E-state index is 10.1. The number of hydrogen-bond acceptors (Lipinski definition) is 5. The molecule has 1 fully saturated rings. The van der Waals surface area contributed by atoms with Gasteiger partial charge >= 0.3 is 0 Å². The molecule has 3 aromatic carbocycles. The molecule has 3 aromatic rings. The Morgan fingerprint density at radius 1 is 0.886 bits per heavy atom. The molecular formula is C30H31NO4. The number of rotatable bonds is 5. The number of likely N-dealkylation sites (tertiary alicyclic amines) is 1. The van der Waals surface area contributed by atoms with Crippen molar-refractivity contribution in [1.82, 2.24) is 4.90 Å². The zero-order chi connectivity index (χ0) is 23.6. The molecule has 180 valence electrons. The van der Waals surface area contributed by atoms with Gasteiger partial charge in [-0.3, -0.25) is 4.90 Å². The summed E-state index contributed by atoms with van der Waals surface area (Å²) in [6.45, 7) is 4.64. The van der Waals surface area contributed by atoms with E-state index in [0.29, 0.717) is 19.0 Å². The number of phenols is 1. The average molecular weight is 470 g/mol. The normalized spacial score (nSPS) is 19.5. The molecule has 0 unspecified atom stereocenters. The summed E-state index contributed by atoms with van der Waals surface area (Å²) in [5.41, 5.74) is 5.47. The van der Waals surface area contributed by atoms with Crippen LogP contribution < -0.4 is 14.2 Å². The van der Waals surface area contributed by atoms with Crippen molar-refractivity contribution in [2.75, 3.05) is 32.8 Å². The monoisotopic (exact) mass is 469 g/mol. The van der Waals surface area contributed by atoms with Gasteiger partial charge in [0.2, 0.25) is 0 Å². The standard InChI is InChI=1S/C30H31NO4/c32-22-10-13-24-25-14-18-34-27-7-3-2-6-26(27)29(25)30(35-28(24)20-22)21-8-11-23(12-9-21)33-19-17-31-15-4-1-5-16-31/h2-3,6-13,20,30,32H,1,4-5,14-19H2/t30-/m0/s1. The van der Waals surface area contributed by atoms with Crippen LogP contribution in [0.2, 0.25) is 0 Å². The molecule has 1 saturated heterocycles. The molecule has 6 rings (SSSR count). The molecule has 35 heavy (non-hydrogen) atoms. The van der Waals surface area contributed by atoms with Gasteiger partial charge in [-0.05, 0) is 67.4 Å². The van der Waals surface area contributed by atoms with E-state index < -0.39 is 0 Å². The van der Waals surface area contributed by atoms with Crippen molar-refractivity contribution >= 4 is 11.1 Å². The predicted molar refractivity (Wildman–Crippen MR) is 137 cm³/mol. The minimum atomic E-state index is -0.301. The van der Waals surface area contributed by atoms with E-state index in [1.165, 1.54) is 37.9 Å². The molecule has 3 heterocycles. The molecule has 3 aliphatic heterocycles. The molecule has 0 aliphatic carbocycles. The average Bonchev–Trinajstić information content (AvgIpc) is 3.09. The maximum absolute atomic E-state index is 10.1. The summed E-state index contributed by atoms with van der Waals surface area (Å²) in [5.74, 6) is 2.66. The first-order chi connectivity index (χ1) is 17.3. The fraction of sp³-hybridized carbons (Fsp3) is 0.333. The molecule has 3 aliphatic rings. The number of benzene rings is 3. The summed E-state index contributed by atoms with van der Waals surface area (Å²) in [7, 11) is 0. The minimum absolute atomic E-state index is 0.203. The topological polar surface area (TPSA) is 51.2 Å². The van der Waals surface area contributed by atoms with Crippen molar-refractivity contribution < 1.29 is 19.3 Å². The Bertz CT molecular complexity index is 1230. The fourth-order valence-electron chi connectivity index (χ4n) is 5.45. The minimum Gasteiger partial charge on any atom is -0.508 e. The van der Waals surface area contributed by atoms with Crippen molar-refractivity contribution in [1.29, 1.82) is 0 Å². The van der Waals surface area contributed by atoms with Crippen LogP contribution in [0.4, 0.5) is 0 Å². The Balaban J connectivity index is 1.30. The van der Waals surface area contributed by atoms with Crippen LogP contribution in [0, 0.1) is 0 Å². The number of phenolic OH excluding ortho intramolecular Hbond substituents is 1. The number of nitrogens with zero attached hydrogens (tertiary/aromatic N) is 1. The Kier molecular flexibility index (Phi) is 6.09.